The fraction of sp³-hybridized carbons (Fsp3) is 0.417. The molecular formula is C24H28N4O4. The third-order valence-corrected chi connectivity index (χ3v) is 6.20. The van der Waals surface area contributed by atoms with Crippen LogP contribution in [0.2, 0.25) is 0 Å². The summed E-state index contributed by atoms with van der Waals surface area (Å²) in [4.78, 5) is 46.4. The van der Waals surface area contributed by atoms with Gasteiger partial charge in [-0.1, -0.05) is 0 Å². The molecule has 0 aromatic carbocycles. The Hall–Kier alpha value is -3.42. The molecule has 0 atom stereocenters. The van der Waals surface area contributed by atoms with Gasteiger partial charge < -0.3 is 19.0 Å². The van der Waals surface area contributed by atoms with Gasteiger partial charge in [0.2, 0.25) is 11.8 Å². The molecule has 32 heavy (non-hydrogen) atoms. The average molecular weight is 437 g/mol. The average Bonchev–Trinajstić information content (AvgIpc) is 3.20. The largest absolute Gasteiger partial charge is 0.481 e. The van der Waals surface area contributed by atoms with Crippen LogP contribution < -0.4 is 10.3 Å². The molecule has 4 heterocycles. The Morgan fingerprint density at radius 2 is 1.97 bits per heavy atom. The molecule has 1 saturated heterocycles. The van der Waals surface area contributed by atoms with E-state index in [1.165, 1.54) is 7.11 Å². The summed E-state index contributed by atoms with van der Waals surface area (Å²) in [5, 5.41) is 0. The van der Waals surface area contributed by atoms with Crippen LogP contribution in [0.4, 0.5) is 0 Å². The summed E-state index contributed by atoms with van der Waals surface area (Å²) >= 11 is 0. The van der Waals surface area contributed by atoms with Gasteiger partial charge in [-0.2, -0.15) is 0 Å². The first kappa shape index (κ1) is 21.8. The number of ether oxygens (including phenoxy) is 1. The highest BCUT2D eigenvalue weighted by atomic mass is 16.5. The molecule has 8 heteroatoms. The number of pyridine rings is 1. The highest BCUT2D eigenvalue weighted by molar-refractivity contribution is 5.97. The zero-order valence-electron chi connectivity index (χ0n) is 18.5. The number of likely N-dealkylation sites (tertiary alicyclic amines) is 1. The molecule has 1 aliphatic heterocycles. The van der Waals surface area contributed by atoms with Gasteiger partial charge in [-0.15, -0.1) is 0 Å². The molecule has 1 aliphatic rings. The fourth-order valence-electron chi connectivity index (χ4n) is 4.29. The van der Waals surface area contributed by atoms with E-state index in [1.807, 2.05) is 28.5 Å². The Morgan fingerprint density at radius 1 is 1.19 bits per heavy atom. The second-order valence-electron chi connectivity index (χ2n) is 8.30. The van der Waals surface area contributed by atoms with Crippen molar-refractivity contribution in [3.63, 3.8) is 0 Å². The van der Waals surface area contributed by atoms with Crippen LogP contribution >= 0.6 is 0 Å². The molecule has 0 saturated carbocycles. The Kier molecular flexibility index (Phi) is 6.39. The monoisotopic (exact) mass is 436 g/mol. The Balaban J connectivity index is 1.26. The number of nitrogens with one attached hydrogen (secondary N) is 1. The van der Waals surface area contributed by atoms with Crippen molar-refractivity contribution < 1.29 is 14.3 Å². The summed E-state index contributed by atoms with van der Waals surface area (Å²) < 4.78 is 6.92. The smallest absolute Gasteiger partial charge is 0.272 e. The molecule has 0 spiro atoms. The van der Waals surface area contributed by atoms with Gasteiger partial charge in [0.25, 0.3) is 5.56 Å². The number of methoxy groups -OCH3 is 1. The van der Waals surface area contributed by atoms with E-state index >= 15 is 0 Å². The van der Waals surface area contributed by atoms with Crippen molar-refractivity contribution in [3.05, 3.63) is 64.0 Å². The first-order valence-corrected chi connectivity index (χ1v) is 11.0. The maximum absolute atomic E-state index is 12.7. The van der Waals surface area contributed by atoms with Gasteiger partial charge in [0.05, 0.1) is 7.11 Å². The molecule has 3 aromatic rings. The van der Waals surface area contributed by atoms with Crippen LogP contribution in [0.3, 0.4) is 0 Å². The number of carbonyl (C=O) groups excluding carboxylic acids is 2. The molecule has 0 aliphatic carbocycles. The van der Waals surface area contributed by atoms with E-state index < -0.39 is 0 Å². The predicted octanol–water partition coefficient (Wildman–Crippen LogP) is 2.78. The number of aromatic amines is 1. The number of hydrogen-bond acceptors (Lipinski definition) is 5. The van der Waals surface area contributed by atoms with Crippen molar-refractivity contribution in [2.45, 2.75) is 39.0 Å². The highest BCUT2D eigenvalue weighted by Gasteiger charge is 2.28. The molecule has 0 radical (unpaired) electrons. The van der Waals surface area contributed by atoms with Crippen LogP contribution in [0, 0.1) is 12.8 Å². The number of fused-ring (bicyclic) bond motifs is 1. The van der Waals surface area contributed by atoms with Gasteiger partial charge in [-0.3, -0.25) is 14.4 Å². The second kappa shape index (κ2) is 9.38. The molecule has 1 N–H and O–H groups in total. The van der Waals surface area contributed by atoms with Crippen LogP contribution in [-0.2, 0) is 11.2 Å². The molecular weight excluding hydrogens is 408 g/mol. The van der Waals surface area contributed by atoms with E-state index in [-0.39, 0.29) is 23.2 Å². The topological polar surface area (TPSA) is 96.8 Å². The van der Waals surface area contributed by atoms with E-state index in [9.17, 15) is 14.4 Å². The van der Waals surface area contributed by atoms with E-state index in [2.05, 4.69) is 9.97 Å². The number of piperidine rings is 1. The molecule has 0 unspecified atom stereocenters. The number of aryl methyl sites for hydroxylation is 2. The lowest BCUT2D eigenvalue weighted by Gasteiger charge is -2.31. The standard InChI is InChI=1S/C24H28N4O4/c1-16-6-8-20-24(31)26-19(15-28(16)20)4-3-5-22(29)27-12-10-17(11-13-27)23(30)18-7-9-21(32-2)25-14-18/h6-9,14-15,17H,3-5,10-13H2,1-2H3,(H,26,31). The minimum Gasteiger partial charge on any atom is -0.481 e. The number of carbonyl (C=O) groups is 2. The number of hydrogen-bond donors (Lipinski definition) is 1. The number of H-pyrrole nitrogens is 1. The van der Waals surface area contributed by atoms with E-state index in [4.69, 9.17) is 4.74 Å². The van der Waals surface area contributed by atoms with Crippen molar-refractivity contribution >= 4 is 17.2 Å². The maximum Gasteiger partial charge on any atom is 0.272 e. The Morgan fingerprint density at radius 3 is 2.66 bits per heavy atom. The number of Topliss-reactive ketones (excluding diaryl/α,β-unsaturated/α-hetero) is 1. The minimum atomic E-state index is -0.110. The maximum atomic E-state index is 12.7. The first-order valence-electron chi connectivity index (χ1n) is 11.0. The predicted molar refractivity (Wildman–Crippen MR) is 120 cm³/mol. The summed E-state index contributed by atoms with van der Waals surface area (Å²) in [6.45, 7) is 3.13. The van der Waals surface area contributed by atoms with Crippen LogP contribution in [0.15, 0.2) is 41.5 Å². The van der Waals surface area contributed by atoms with Gasteiger partial charge in [0.15, 0.2) is 5.78 Å². The van der Waals surface area contributed by atoms with Gasteiger partial charge >= 0.3 is 0 Å². The van der Waals surface area contributed by atoms with Gasteiger partial charge in [-0.05, 0) is 50.8 Å². The quantitative estimate of drug-likeness (QED) is 0.575. The lowest BCUT2D eigenvalue weighted by atomic mass is 9.89. The Labute approximate surface area is 186 Å². The molecule has 8 nitrogen and oxygen atoms in total. The number of ketones is 1. The van der Waals surface area contributed by atoms with Crippen LogP contribution in [0.5, 0.6) is 5.88 Å². The van der Waals surface area contributed by atoms with Crippen molar-refractivity contribution in [2.24, 2.45) is 5.92 Å². The molecule has 0 bridgehead atoms. The highest BCUT2D eigenvalue weighted by Crippen LogP contribution is 2.23. The molecule has 1 fully saturated rings. The summed E-state index contributed by atoms with van der Waals surface area (Å²) in [6, 6.07) is 7.15. The lowest BCUT2D eigenvalue weighted by Crippen LogP contribution is -2.40. The SMILES string of the molecule is COc1ccc(C(=O)C2CCN(C(=O)CCCc3cn4c(C)ccc4c(=O)[nH]3)CC2)cn1. The fourth-order valence-corrected chi connectivity index (χ4v) is 4.29. The van der Waals surface area contributed by atoms with E-state index in [0.29, 0.717) is 62.2 Å². The minimum absolute atomic E-state index is 0.0758. The number of nitrogens with zero attached hydrogens (tertiary/aromatic N) is 3. The zero-order chi connectivity index (χ0) is 22.7. The van der Waals surface area contributed by atoms with Crippen LogP contribution in [0.1, 0.15) is 47.4 Å². The Bertz CT molecular complexity index is 1170. The van der Waals surface area contributed by atoms with Crippen molar-refractivity contribution in [1.82, 2.24) is 19.3 Å². The van der Waals surface area contributed by atoms with E-state index in [0.717, 1.165) is 11.4 Å². The van der Waals surface area contributed by atoms with Crippen LogP contribution in [0.25, 0.3) is 5.52 Å². The summed E-state index contributed by atoms with van der Waals surface area (Å²) in [5.74, 6) is 0.569. The summed E-state index contributed by atoms with van der Waals surface area (Å²) in [6.07, 6.45) is 6.52. The lowest BCUT2D eigenvalue weighted by molar-refractivity contribution is -0.132. The molecule has 3 aromatic heterocycles. The second-order valence-corrected chi connectivity index (χ2v) is 8.30. The normalized spacial score (nSPS) is 14.6. The first-order chi connectivity index (χ1) is 15.5. The summed E-state index contributed by atoms with van der Waals surface area (Å²) in [7, 11) is 1.54. The van der Waals surface area contributed by atoms with Crippen molar-refractivity contribution in [3.8, 4) is 5.88 Å². The third-order valence-electron chi connectivity index (χ3n) is 6.20. The zero-order valence-corrected chi connectivity index (χ0v) is 18.5. The summed E-state index contributed by atoms with van der Waals surface area (Å²) in [5.41, 5.74) is 2.93. The number of aromatic nitrogens is 3. The molecule has 4 rings (SSSR count). The van der Waals surface area contributed by atoms with Gasteiger partial charge in [0.1, 0.15) is 5.52 Å². The van der Waals surface area contributed by atoms with Gasteiger partial charge in [0, 0.05) is 60.8 Å². The van der Waals surface area contributed by atoms with Crippen LogP contribution in [-0.4, -0.2) is 51.2 Å². The number of amides is 1. The number of rotatable bonds is 7. The van der Waals surface area contributed by atoms with Crippen molar-refractivity contribution in [2.75, 3.05) is 20.2 Å². The van der Waals surface area contributed by atoms with Crippen molar-refractivity contribution in [1.29, 1.82) is 0 Å². The third kappa shape index (κ3) is 4.59. The van der Waals surface area contributed by atoms with E-state index in [1.54, 1.807) is 24.4 Å². The van der Waals surface area contributed by atoms with Gasteiger partial charge in [-0.25, -0.2) is 4.98 Å². The molecule has 1 amide bonds. The molecule has 168 valence electrons.